The van der Waals surface area contributed by atoms with Crippen LogP contribution < -0.4 is 5.32 Å². The van der Waals surface area contributed by atoms with E-state index >= 15 is 0 Å². The average Bonchev–Trinajstić information content (AvgIpc) is 3.11. The number of hydrogen-bond acceptors (Lipinski definition) is 3. The van der Waals surface area contributed by atoms with Gasteiger partial charge in [-0.1, -0.05) is 32.4 Å². The van der Waals surface area contributed by atoms with Crippen LogP contribution in [-0.2, 0) is 10.2 Å². The second-order valence-corrected chi connectivity index (χ2v) is 10.0. The minimum Gasteiger partial charge on any atom is -0.352 e. The molecular weight excluding hydrogens is 431 g/mol. The van der Waals surface area contributed by atoms with E-state index in [-0.39, 0.29) is 27.9 Å². The minimum absolute atomic E-state index is 0.0560. The topological polar surface area (TPSA) is 67.2 Å². The summed E-state index contributed by atoms with van der Waals surface area (Å²) in [5.41, 5.74) is 1.99. The van der Waals surface area contributed by atoms with Crippen LogP contribution in [0.15, 0.2) is 36.5 Å². The number of nitrogens with one attached hydrogen (secondary N) is 1. The SMILES string of the molecule is CC(C)(C)c1cn(-c2ccc(Cl)c(F)c2)c2ccc(C(=O)N3CCNC(=O)C3(C)C)nc12. The van der Waals surface area contributed by atoms with Crippen molar-refractivity contribution in [1.82, 2.24) is 19.8 Å². The molecule has 0 spiro atoms. The first-order valence-corrected chi connectivity index (χ1v) is 10.9. The third-order valence-electron chi connectivity index (χ3n) is 5.95. The van der Waals surface area contributed by atoms with Gasteiger partial charge in [0.2, 0.25) is 5.91 Å². The zero-order chi connectivity index (χ0) is 23.4. The maximum absolute atomic E-state index is 14.1. The maximum atomic E-state index is 14.1. The van der Waals surface area contributed by atoms with Gasteiger partial charge < -0.3 is 14.8 Å². The predicted octanol–water partition coefficient (Wildman–Crippen LogP) is 4.47. The summed E-state index contributed by atoms with van der Waals surface area (Å²) in [7, 11) is 0. The Morgan fingerprint density at radius 1 is 1.22 bits per heavy atom. The van der Waals surface area contributed by atoms with E-state index in [9.17, 15) is 14.0 Å². The lowest BCUT2D eigenvalue weighted by Crippen LogP contribution is -2.63. The molecule has 32 heavy (non-hydrogen) atoms. The molecule has 1 aliphatic heterocycles. The van der Waals surface area contributed by atoms with Crippen LogP contribution >= 0.6 is 11.6 Å². The first-order valence-electron chi connectivity index (χ1n) is 10.5. The van der Waals surface area contributed by atoms with Gasteiger partial charge in [0, 0.05) is 30.5 Å². The first-order chi connectivity index (χ1) is 14.9. The zero-order valence-corrected chi connectivity index (χ0v) is 19.5. The Morgan fingerprint density at radius 2 is 1.94 bits per heavy atom. The molecule has 3 heterocycles. The number of benzene rings is 1. The van der Waals surface area contributed by atoms with Gasteiger partial charge in [-0.25, -0.2) is 9.37 Å². The van der Waals surface area contributed by atoms with Crippen molar-refractivity contribution in [2.75, 3.05) is 13.1 Å². The summed E-state index contributed by atoms with van der Waals surface area (Å²) in [6.07, 6.45) is 1.92. The quantitative estimate of drug-likeness (QED) is 0.618. The van der Waals surface area contributed by atoms with Gasteiger partial charge in [-0.3, -0.25) is 9.59 Å². The Bertz CT molecular complexity index is 1240. The standard InChI is InChI=1S/C24H26ClFN4O2/c1-23(2,3)15-13-29(14-6-7-16(25)17(26)12-14)19-9-8-18(28-20(15)19)21(31)30-11-10-27-22(32)24(30,4)5/h6-9,12-13H,10-11H2,1-5H3,(H,27,32). The summed E-state index contributed by atoms with van der Waals surface area (Å²) in [6.45, 7) is 10.4. The van der Waals surface area contributed by atoms with Crippen LogP contribution in [0.5, 0.6) is 0 Å². The highest BCUT2D eigenvalue weighted by Gasteiger charge is 2.41. The fourth-order valence-electron chi connectivity index (χ4n) is 4.01. The summed E-state index contributed by atoms with van der Waals surface area (Å²) in [5, 5.41) is 2.86. The van der Waals surface area contributed by atoms with Crippen molar-refractivity contribution in [2.24, 2.45) is 0 Å². The smallest absolute Gasteiger partial charge is 0.273 e. The molecule has 1 saturated heterocycles. The summed E-state index contributed by atoms with van der Waals surface area (Å²) < 4.78 is 16.0. The normalized spacial score (nSPS) is 16.3. The molecule has 1 N–H and O–H groups in total. The number of nitrogens with zero attached hydrogens (tertiary/aromatic N) is 3. The molecule has 0 radical (unpaired) electrons. The molecule has 2 aromatic heterocycles. The van der Waals surface area contributed by atoms with Gasteiger partial charge in [-0.05, 0) is 49.6 Å². The zero-order valence-electron chi connectivity index (χ0n) is 18.8. The largest absolute Gasteiger partial charge is 0.352 e. The summed E-state index contributed by atoms with van der Waals surface area (Å²) in [4.78, 5) is 31.9. The Balaban J connectivity index is 1.86. The van der Waals surface area contributed by atoms with E-state index in [1.165, 1.54) is 12.1 Å². The van der Waals surface area contributed by atoms with Crippen LogP contribution in [0.2, 0.25) is 5.02 Å². The monoisotopic (exact) mass is 456 g/mol. The molecule has 0 atom stereocenters. The van der Waals surface area contributed by atoms with E-state index in [1.54, 1.807) is 30.9 Å². The molecule has 4 rings (SSSR count). The Morgan fingerprint density at radius 3 is 2.59 bits per heavy atom. The van der Waals surface area contributed by atoms with Gasteiger partial charge in [0.1, 0.15) is 17.1 Å². The van der Waals surface area contributed by atoms with E-state index in [4.69, 9.17) is 16.6 Å². The van der Waals surface area contributed by atoms with Crippen molar-refractivity contribution in [3.8, 4) is 5.69 Å². The molecule has 0 saturated carbocycles. The molecule has 0 aliphatic carbocycles. The highest BCUT2D eigenvalue weighted by Crippen LogP contribution is 2.33. The van der Waals surface area contributed by atoms with E-state index in [0.29, 0.717) is 24.3 Å². The number of amides is 2. The number of carbonyl (C=O) groups excluding carboxylic acids is 2. The molecule has 168 valence electrons. The molecule has 1 aliphatic rings. The van der Waals surface area contributed by atoms with Gasteiger partial charge in [0.05, 0.1) is 16.1 Å². The molecule has 1 fully saturated rings. The fraction of sp³-hybridized carbons (Fsp3) is 0.375. The minimum atomic E-state index is -0.967. The van der Waals surface area contributed by atoms with Crippen molar-refractivity contribution < 1.29 is 14.0 Å². The van der Waals surface area contributed by atoms with Crippen molar-refractivity contribution in [3.05, 3.63) is 58.6 Å². The molecule has 8 heteroatoms. The van der Waals surface area contributed by atoms with Crippen LogP contribution in [0.25, 0.3) is 16.7 Å². The number of halogens is 2. The molecule has 0 bridgehead atoms. The molecule has 1 aromatic carbocycles. The maximum Gasteiger partial charge on any atom is 0.273 e. The van der Waals surface area contributed by atoms with E-state index in [1.807, 2.05) is 16.8 Å². The van der Waals surface area contributed by atoms with Gasteiger partial charge in [-0.2, -0.15) is 0 Å². The van der Waals surface area contributed by atoms with Crippen molar-refractivity contribution in [1.29, 1.82) is 0 Å². The van der Waals surface area contributed by atoms with E-state index in [2.05, 4.69) is 26.1 Å². The summed E-state index contributed by atoms with van der Waals surface area (Å²) in [5.74, 6) is -0.991. The third kappa shape index (κ3) is 3.64. The van der Waals surface area contributed by atoms with Crippen molar-refractivity contribution in [2.45, 2.75) is 45.6 Å². The van der Waals surface area contributed by atoms with Crippen LogP contribution in [0.1, 0.15) is 50.7 Å². The Hall–Kier alpha value is -2.93. The highest BCUT2D eigenvalue weighted by molar-refractivity contribution is 6.30. The number of aromatic nitrogens is 2. The van der Waals surface area contributed by atoms with E-state index < -0.39 is 11.4 Å². The Labute approximate surface area is 191 Å². The lowest BCUT2D eigenvalue weighted by molar-refractivity contribution is -0.133. The highest BCUT2D eigenvalue weighted by atomic mass is 35.5. The summed E-state index contributed by atoms with van der Waals surface area (Å²) >= 11 is 5.86. The second kappa shape index (κ2) is 7.59. The summed E-state index contributed by atoms with van der Waals surface area (Å²) in [6, 6.07) is 8.10. The Kier molecular flexibility index (Phi) is 5.28. The molecular formula is C24H26ClFN4O2. The number of piperazine rings is 1. The average molecular weight is 457 g/mol. The van der Waals surface area contributed by atoms with Gasteiger partial charge in [0.15, 0.2) is 0 Å². The predicted molar refractivity (Wildman–Crippen MR) is 123 cm³/mol. The van der Waals surface area contributed by atoms with Crippen LogP contribution in [0, 0.1) is 5.82 Å². The molecule has 6 nitrogen and oxygen atoms in total. The first kappa shape index (κ1) is 22.3. The molecule has 3 aromatic rings. The van der Waals surface area contributed by atoms with Crippen LogP contribution in [0.4, 0.5) is 4.39 Å². The number of rotatable bonds is 2. The van der Waals surface area contributed by atoms with E-state index in [0.717, 1.165) is 11.1 Å². The van der Waals surface area contributed by atoms with Crippen molar-refractivity contribution >= 4 is 34.4 Å². The lowest BCUT2D eigenvalue weighted by Gasteiger charge is -2.40. The fourth-order valence-corrected chi connectivity index (χ4v) is 4.13. The number of hydrogen-bond donors (Lipinski definition) is 1. The number of pyridine rings is 1. The third-order valence-corrected chi connectivity index (χ3v) is 6.26. The van der Waals surface area contributed by atoms with Gasteiger partial charge in [0.25, 0.3) is 5.91 Å². The molecule has 2 amide bonds. The van der Waals surface area contributed by atoms with Gasteiger partial charge >= 0.3 is 0 Å². The molecule has 0 unspecified atom stereocenters. The van der Waals surface area contributed by atoms with Crippen LogP contribution in [-0.4, -0.2) is 44.9 Å². The van der Waals surface area contributed by atoms with Crippen molar-refractivity contribution in [3.63, 3.8) is 0 Å². The number of fused-ring (bicyclic) bond motifs is 1. The van der Waals surface area contributed by atoms with Crippen LogP contribution in [0.3, 0.4) is 0 Å². The van der Waals surface area contributed by atoms with Gasteiger partial charge in [-0.15, -0.1) is 0 Å². The second-order valence-electron chi connectivity index (χ2n) is 9.60. The lowest BCUT2D eigenvalue weighted by atomic mass is 9.88. The number of carbonyl (C=O) groups is 2.